The van der Waals surface area contributed by atoms with Gasteiger partial charge in [0.1, 0.15) is 17.2 Å². The summed E-state index contributed by atoms with van der Waals surface area (Å²) in [5.74, 6) is 1.96. The van der Waals surface area contributed by atoms with Crippen LogP contribution >= 0.6 is 0 Å². The van der Waals surface area contributed by atoms with Gasteiger partial charge < -0.3 is 14.2 Å². The molecule has 0 aliphatic rings. The molecule has 0 heterocycles. The standard InChI is InChI=1S/C46H46O3/c1-44(2,34-16-10-7-11-17-34)37-22-28-40(29-23-37)47-43(48-41-30-24-38(25-31-41)45(3,4)35-18-12-8-13-19-35)49-42-32-26-39(27-33-42)46(5,6)36-20-14-9-15-21-36/h7-33,43H,1-6H3. The molecule has 0 fully saturated rings. The zero-order valence-electron chi connectivity index (χ0n) is 29.4. The van der Waals surface area contributed by atoms with Crippen LogP contribution in [0.15, 0.2) is 164 Å². The molecule has 0 aliphatic carbocycles. The zero-order chi connectivity index (χ0) is 34.5. The Labute approximate surface area is 292 Å². The van der Waals surface area contributed by atoms with Crippen molar-refractivity contribution in [2.75, 3.05) is 0 Å². The molecule has 0 aliphatic heterocycles. The second kappa shape index (κ2) is 14.1. The summed E-state index contributed by atoms with van der Waals surface area (Å²) >= 11 is 0. The number of ether oxygens (including phenoxy) is 3. The Morgan fingerprint density at radius 1 is 0.286 bits per heavy atom. The van der Waals surface area contributed by atoms with Crippen LogP contribution in [0.1, 0.15) is 74.9 Å². The number of rotatable bonds is 12. The first-order chi connectivity index (χ1) is 23.5. The highest BCUT2D eigenvalue weighted by atomic mass is 16.8. The average Bonchev–Trinajstić information content (AvgIpc) is 3.13. The van der Waals surface area contributed by atoms with Crippen molar-refractivity contribution in [1.82, 2.24) is 0 Å². The van der Waals surface area contributed by atoms with Crippen LogP contribution in [0, 0.1) is 0 Å². The summed E-state index contributed by atoms with van der Waals surface area (Å²) in [7, 11) is 0. The Balaban J connectivity index is 1.24. The smallest absolute Gasteiger partial charge is 0.406 e. The SMILES string of the molecule is CC(C)(c1ccccc1)c1ccc(OC(Oc2ccc(C(C)(C)c3ccccc3)cc2)Oc2ccc(C(C)(C)c3ccccc3)cc2)cc1. The second-order valence-corrected chi connectivity index (χ2v) is 14.2. The quantitative estimate of drug-likeness (QED) is 0.124. The van der Waals surface area contributed by atoms with Crippen LogP contribution in [0.3, 0.4) is 0 Å². The minimum Gasteiger partial charge on any atom is -0.423 e. The van der Waals surface area contributed by atoms with E-state index in [0.717, 1.165) is 0 Å². The van der Waals surface area contributed by atoms with Crippen LogP contribution in [0.5, 0.6) is 17.2 Å². The second-order valence-electron chi connectivity index (χ2n) is 14.2. The molecule has 0 atom stereocenters. The van der Waals surface area contributed by atoms with E-state index in [1.54, 1.807) is 0 Å². The molecule has 6 aromatic carbocycles. The summed E-state index contributed by atoms with van der Waals surface area (Å²) in [5.41, 5.74) is 6.88. The van der Waals surface area contributed by atoms with Crippen LogP contribution < -0.4 is 14.2 Å². The van der Waals surface area contributed by atoms with Crippen LogP contribution in [0.2, 0.25) is 0 Å². The molecule has 248 valence electrons. The van der Waals surface area contributed by atoms with Crippen LogP contribution in [-0.2, 0) is 16.2 Å². The summed E-state index contributed by atoms with van der Waals surface area (Å²) in [4.78, 5) is 0. The lowest BCUT2D eigenvalue weighted by molar-refractivity contribution is -0.140. The van der Waals surface area contributed by atoms with Crippen molar-refractivity contribution < 1.29 is 14.2 Å². The molecule has 0 N–H and O–H groups in total. The monoisotopic (exact) mass is 646 g/mol. The highest BCUT2D eigenvalue weighted by Gasteiger charge is 2.26. The van der Waals surface area contributed by atoms with Crippen molar-refractivity contribution >= 4 is 0 Å². The minimum absolute atomic E-state index is 0.156. The molecule has 0 unspecified atom stereocenters. The van der Waals surface area contributed by atoms with E-state index < -0.39 is 6.48 Å². The van der Waals surface area contributed by atoms with Gasteiger partial charge in [-0.3, -0.25) is 0 Å². The molecular weight excluding hydrogens is 601 g/mol. The Morgan fingerprint density at radius 3 is 0.714 bits per heavy atom. The predicted molar refractivity (Wildman–Crippen MR) is 201 cm³/mol. The van der Waals surface area contributed by atoms with E-state index in [9.17, 15) is 0 Å². The summed E-state index contributed by atoms with van der Waals surface area (Å²) in [5, 5.41) is 0. The van der Waals surface area contributed by atoms with Crippen molar-refractivity contribution in [3.63, 3.8) is 0 Å². The molecule has 0 bridgehead atoms. The molecule has 49 heavy (non-hydrogen) atoms. The fraction of sp³-hybridized carbons (Fsp3) is 0.217. The highest BCUT2D eigenvalue weighted by molar-refractivity contribution is 5.43. The first-order valence-corrected chi connectivity index (χ1v) is 17.0. The first kappa shape index (κ1) is 33.6. The molecule has 0 aromatic heterocycles. The fourth-order valence-corrected chi connectivity index (χ4v) is 6.32. The largest absolute Gasteiger partial charge is 0.423 e. The van der Waals surface area contributed by atoms with Gasteiger partial charge in [0.15, 0.2) is 0 Å². The van der Waals surface area contributed by atoms with E-state index >= 15 is 0 Å². The molecule has 3 heteroatoms. The van der Waals surface area contributed by atoms with E-state index in [0.29, 0.717) is 17.2 Å². The molecule has 0 spiro atoms. The summed E-state index contributed by atoms with van der Waals surface area (Å²) in [6, 6.07) is 56.2. The Bertz CT molecular complexity index is 1680. The lowest BCUT2D eigenvalue weighted by Crippen LogP contribution is -2.30. The zero-order valence-corrected chi connectivity index (χ0v) is 29.4. The maximum absolute atomic E-state index is 6.38. The maximum atomic E-state index is 6.38. The first-order valence-electron chi connectivity index (χ1n) is 17.0. The van der Waals surface area contributed by atoms with Gasteiger partial charge in [0, 0.05) is 16.2 Å². The molecule has 6 aromatic rings. The van der Waals surface area contributed by atoms with Gasteiger partial charge >= 0.3 is 6.48 Å². The molecule has 0 amide bonds. The number of hydrogen-bond donors (Lipinski definition) is 0. The van der Waals surface area contributed by atoms with Crippen LogP contribution in [-0.4, -0.2) is 6.48 Å². The van der Waals surface area contributed by atoms with Gasteiger partial charge in [-0.2, -0.15) is 0 Å². The Morgan fingerprint density at radius 2 is 0.490 bits per heavy atom. The van der Waals surface area contributed by atoms with Crippen molar-refractivity contribution in [2.45, 2.75) is 64.3 Å². The molecule has 6 rings (SSSR count). The Hall–Kier alpha value is -5.28. The predicted octanol–water partition coefficient (Wildman–Crippen LogP) is 11.5. The lowest BCUT2D eigenvalue weighted by atomic mass is 9.78. The van der Waals surface area contributed by atoms with E-state index in [1.807, 2.05) is 54.6 Å². The van der Waals surface area contributed by atoms with Crippen molar-refractivity contribution in [2.24, 2.45) is 0 Å². The van der Waals surface area contributed by atoms with Crippen molar-refractivity contribution in [1.29, 1.82) is 0 Å². The molecule has 3 nitrogen and oxygen atoms in total. The van der Waals surface area contributed by atoms with Gasteiger partial charge in [0.25, 0.3) is 0 Å². The van der Waals surface area contributed by atoms with E-state index in [-0.39, 0.29) is 16.2 Å². The van der Waals surface area contributed by atoms with E-state index in [2.05, 4.69) is 151 Å². The Kier molecular flexibility index (Phi) is 9.65. The molecule has 0 radical (unpaired) electrons. The van der Waals surface area contributed by atoms with Crippen LogP contribution in [0.25, 0.3) is 0 Å². The summed E-state index contributed by atoms with van der Waals surface area (Å²) < 4.78 is 19.2. The normalized spacial score (nSPS) is 12.1. The van der Waals surface area contributed by atoms with E-state index in [4.69, 9.17) is 14.2 Å². The van der Waals surface area contributed by atoms with Crippen molar-refractivity contribution in [3.8, 4) is 17.2 Å². The van der Waals surface area contributed by atoms with Gasteiger partial charge in [-0.25, -0.2) is 0 Å². The summed E-state index contributed by atoms with van der Waals surface area (Å²) in [6.45, 7) is 12.4. The summed E-state index contributed by atoms with van der Waals surface area (Å²) in [6.07, 6.45) is 0. The maximum Gasteiger partial charge on any atom is 0.406 e. The highest BCUT2D eigenvalue weighted by Crippen LogP contribution is 2.35. The van der Waals surface area contributed by atoms with Gasteiger partial charge in [-0.15, -0.1) is 0 Å². The minimum atomic E-state index is -1.02. The molecule has 0 saturated carbocycles. The number of benzene rings is 6. The number of hydrogen-bond acceptors (Lipinski definition) is 3. The van der Waals surface area contributed by atoms with Crippen molar-refractivity contribution in [3.05, 3.63) is 197 Å². The van der Waals surface area contributed by atoms with Crippen LogP contribution in [0.4, 0.5) is 0 Å². The molecular formula is C46H46O3. The lowest BCUT2D eigenvalue weighted by Gasteiger charge is -2.28. The molecule has 0 saturated heterocycles. The fourth-order valence-electron chi connectivity index (χ4n) is 6.32. The third-order valence-electron chi connectivity index (χ3n) is 9.91. The third kappa shape index (κ3) is 7.57. The average molecular weight is 647 g/mol. The topological polar surface area (TPSA) is 27.7 Å². The van der Waals surface area contributed by atoms with Gasteiger partial charge in [-0.05, 0) is 69.8 Å². The van der Waals surface area contributed by atoms with E-state index in [1.165, 1.54) is 33.4 Å². The third-order valence-corrected chi connectivity index (χ3v) is 9.91. The van der Waals surface area contributed by atoms with Gasteiger partial charge in [-0.1, -0.05) is 169 Å². The van der Waals surface area contributed by atoms with Gasteiger partial charge in [0.2, 0.25) is 0 Å². The van der Waals surface area contributed by atoms with Gasteiger partial charge in [0.05, 0.1) is 0 Å².